The third-order valence-electron chi connectivity index (χ3n) is 6.37. The number of nitrogens with one attached hydrogen (secondary N) is 1. The van der Waals surface area contributed by atoms with Crippen LogP contribution in [0.15, 0.2) is 110 Å². The monoisotopic (exact) mass is 522 g/mol. The molecular weight excluding hydrogens is 501 g/mol. The van der Waals surface area contributed by atoms with Crippen molar-refractivity contribution in [2.45, 2.75) is 12.8 Å². The molecule has 0 unspecified atom stereocenters. The van der Waals surface area contributed by atoms with Crippen molar-refractivity contribution >= 4 is 33.3 Å². The molecule has 0 fully saturated rings. The molecule has 4 aromatic carbocycles. The third kappa shape index (κ3) is 5.22. The lowest BCUT2D eigenvalue weighted by Gasteiger charge is -2.15. The standard InChI is InChI=1S/C31H21F3N4O/c32-31(33,34)24-11-9-21(10-12-24)26-15-23-18-36-30(37-27-8-4-7-22-17-35-14-13-25(22)27)38-28(23)16-29(26)39-19-20-5-2-1-3-6-20/h1-18H,19H2,(H,36,37,38). The summed E-state index contributed by atoms with van der Waals surface area (Å²) in [7, 11) is 0. The van der Waals surface area contributed by atoms with E-state index in [4.69, 9.17) is 9.72 Å². The molecule has 6 rings (SSSR count). The summed E-state index contributed by atoms with van der Waals surface area (Å²) in [5, 5.41) is 5.99. The Balaban J connectivity index is 1.39. The SMILES string of the molecule is FC(F)(F)c1ccc(-c2cc3cnc(Nc4cccc5cnccc45)nc3cc2OCc2ccccc2)cc1. The smallest absolute Gasteiger partial charge is 0.416 e. The molecule has 6 aromatic rings. The van der Waals surface area contributed by atoms with E-state index >= 15 is 0 Å². The molecule has 0 saturated heterocycles. The van der Waals surface area contributed by atoms with Crippen LogP contribution < -0.4 is 10.1 Å². The fourth-order valence-corrected chi connectivity index (χ4v) is 4.39. The molecule has 0 aliphatic heterocycles. The summed E-state index contributed by atoms with van der Waals surface area (Å²) in [6, 6.07) is 26.1. The third-order valence-corrected chi connectivity index (χ3v) is 6.37. The molecule has 0 atom stereocenters. The molecule has 0 saturated carbocycles. The molecule has 0 amide bonds. The minimum atomic E-state index is -4.41. The van der Waals surface area contributed by atoms with Crippen molar-refractivity contribution in [3.63, 3.8) is 0 Å². The van der Waals surface area contributed by atoms with E-state index in [-0.39, 0.29) is 0 Å². The zero-order valence-corrected chi connectivity index (χ0v) is 20.5. The molecule has 0 aliphatic carbocycles. The minimum absolute atomic E-state index is 0.292. The highest BCUT2D eigenvalue weighted by atomic mass is 19.4. The molecule has 1 N–H and O–H groups in total. The number of benzene rings is 4. The number of fused-ring (bicyclic) bond motifs is 2. The molecule has 0 bridgehead atoms. The molecular formula is C31H21F3N4O. The zero-order valence-electron chi connectivity index (χ0n) is 20.5. The van der Waals surface area contributed by atoms with Crippen molar-refractivity contribution in [3.05, 3.63) is 121 Å². The van der Waals surface area contributed by atoms with Crippen molar-refractivity contribution in [2.75, 3.05) is 5.32 Å². The first kappa shape index (κ1) is 24.4. The number of ether oxygens (including phenoxy) is 1. The zero-order chi connectivity index (χ0) is 26.8. The summed E-state index contributed by atoms with van der Waals surface area (Å²) < 4.78 is 45.6. The fourth-order valence-electron chi connectivity index (χ4n) is 4.39. The first-order valence-corrected chi connectivity index (χ1v) is 12.2. The van der Waals surface area contributed by atoms with Gasteiger partial charge in [-0.3, -0.25) is 4.98 Å². The summed E-state index contributed by atoms with van der Waals surface area (Å²) in [6.07, 6.45) is 0.799. The van der Waals surface area contributed by atoms with Gasteiger partial charge in [-0.15, -0.1) is 0 Å². The maximum Gasteiger partial charge on any atom is 0.416 e. The van der Waals surface area contributed by atoms with Crippen molar-refractivity contribution in [1.82, 2.24) is 15.0 Å². The average molecular weight is 523 g/mol. The maximum absolute atomic E-state index is 13.1. The van der Waals surface area contributed by atoms with Crippen molar-refractivity contribution in [1.29, 1.82) is 0 Å². The number of halogens is 3. The first-order chi connectivity index (χ1) is 18.9. The van der Waals surface area contributed by atoms with Gasteiger partial charge in [0.2, 0.25) is 5.95 Å². The highest BCUT2D eigenvalue weighted by molar-refractivity contribution is 5.95. The number of anilines is 2. The van der Waals surface area contributed by atoms with Crippen molar-refractivity contribution in [3.8, 4) is 16.9 Å². The Labute approximate surface area is 222 Å². The maximum atomic E-state index is 13.1. The van der Waals surface area contributed by atoms with Gasteiger partial charge in [-0.1, -0.05) is 54.6 Å². The van der Waals surface area contributed by atoms with Gasteiger partial charge in [0.1, 0.15) is 12.4 Å². The molecule has 8 heteroatoms. The Kier molecular flexibility index (Phi) is 6.28. The molecule has 2 heterocycles. The highest BCUT2D eigenvalue weighted by Crippen LogP contribution is 2.37. The van der Waals surface area contributed by atoms with Crippen LogP contribution in [0.25, 0.3) is 32.8 Å². The van der Waals surface area contributed by atoms with E-state index in [2.05, 4.69) is 15.3 Å². The van der Waals surface area contributed by atoms with Gasteiger partial charge in [0.15, 0.2) is 0 Å². The van der Waals surface area contributed by atoms with Crippen LogP contribution >= 0.6 is 0 Å². The van der Waals surface area contributed by atoms with Crippen LogP contribution in [-0.4, -0.2) is 15.0 Å². The minimum Gasteiger partial charge on any atom is -0.488 e. The second-order valence-electron chi connectivity index (χ2n) is 8.98. The predicted octanol–water partition coefficient (Wildman–Crippen LogP) is 8.19. The number of hydrogen-bond acceptors (Lipinski definition) is 5. The van der Waals surface area contributed by atoms with Crippen LogP contribution in [0.1, 0.15) is 11.1 Å². The van der Waals surface area contributed by atoms with Crippen LogP contribution in [0.2, 0.25) is 0 Å². The van der Waals surface area contributed by atoms with Crippen LogP contribution in [0.5, 0.6) is 5.75 Å². The summed E-state index contributed by atoms with van der Waals surface area (Å²) in [6.45, 7) is 0.292. The van der Waals surface area contributed by atoms with Gasteiger partial charge >= 0.3 is 6.18 Å². The van der Waals surface area contributed by atoms with Crippen LogP contribution in [0, 0.1) is 0 Å². The highest BCUT2D eigenvalue weighted by Gasteiger charge is 2.30. The van der Waals surface area contributed by atoms with Gasteiger partial charge in [0, 0.05) is 52.1 Å². The second kappa shape index (κ2) is 10.1. The lowest BCUT2D eigenvalue weighted by atomic mass is 10.0. The Hall–Kier alpha value is -4.98. The van der Waals surface area contributed by atoms with Crippen molar-refractivity contribution < 1.29 is 17.9 Å². The van der Waals surface area contributed by atoms with Gasteiger partial charge in [-0.05, 0) is 41.5 Å². The topological polar surface area (TPSA) is 59.9 Å². The van der Waals surface area contributed by atoms with E-state index in [0.717, 1.165) is 39.5 Å². The van der Waals surface area contributed by atoms with Gasteiger partial charge in [0.25, 0.3) is 0 Å². The lowest BCUT2D eigenvalue weighted by molar-refractivity contribution is -0.137. The van der Waals surface area contributed by atoms with E-state index in [1.54, 1.807) is 24.7 Å². The molecule has 2 aromatic heterocycles. The molecule has 0 radical (unpaired) electrons. The molecule has 0 spiro atoms. The quantitative estimate of drug-likeness (QED) is 0.239. The predicted molar refractivity (Wildman–Crippen MR) is 146 cm³/mol. The normalized spacial score (nSPS) is 11.6. The summed E-state index contributed by atoms with van der Waals surface area (Å²) in [4.78, 5) is 13.4. The number of aromatic nitrogens is 3. The molecule has 39 heavy (non-hydrogen) atoms. The van der Waals surface area contributed by atoms with E-state index in [0.29, 0.717) is 34.9 Å². The number of rotatable bonds is 6. The van der Waals surface area contributed by atoms with Crippen molar-refractivity contribution in [2.24, 2.45) is 0 Å². The average Bonchev–Trinajstić information content (AvgIpc) is 2.96. The summed E-state index contributed by atoms with van der Waals surface area (Å²) in [5.41, 5.74) is 2.98. The number of hydrogen-bond donors (Lipinski definition) is 1. The van der Waals surface area contributed by atoms with Gasteiger partial charge in [0.05, 0.1) is 11.1 Å². The summed E-state index contributed by atoms with van der Waals surface area (Å²) in [5.74, 6) is 0.912. The largest absolute Gasteiger partial charge is 0.488 e. The van der Waals surface area contributed by atoms with E-state index < -0.39 is 11.7 Å². The number of pyridine rings is 1. The molecule has 192 valence electrons. The van der Waals surface area contributed by atoms with Crippen LogP contribution in [0.4, 0.5) is 24.8 Å². The molecule has 5 nitrogen and oxygen atoms in total. The Morgan fingerprint density at radius 3 is 2.41 bits per heavy atom. The van der Waals surface area contributed by atoms with E-state index in [1.165, 1.54) is 12.1 Å². The fraction of sp³-hybridized carbons (Fsp3) is 0.0645. The van der Waals surface area contributed by atoms with Gasteiger partial charge in [-0.2, -0.15) is 13.2 Å². The number of nitrogens with zero attached hydrogens (tertiary/aromatic N) is 3. The second-order valence-corrected chi connectivity index (χ2v) is 8.98. The van der Waals surface area contributed by atoms with Crippen LogP contribution in [0.3, 0.4) is 0 Å². The van der Waals surface area contributed by atoms with Gasteiger partial charge in [-0.25, -0.2) is 9.97 Å². The van der Waals surface area contributed by atoms with Crippen LogP contribution in [-0.2, 0) is 12.8 Å². The number of alkyl halides is 3. The lowest BCUT2D eigenvalue weighted by Crippen LogP contribution is -2.04. The van der Waals surface area contributed by atoms with E-state index in [9.17, 15) is 13.2 Å². The molecule has 0 aliphatic rings. The van der Waals surface area contributed by atoms with Gasteiger partial charge < -0.3 is 10.1 Å². The Morgan fingerprint density at radius 2 is 1.62 bits per heavy atom. The summed E-state index contributed by atoms with van der Waals surface area (Å²) >= 11 is 0. The van der Waals surface area contributed by atoms with E-state index in [1.807, 2.05) is 60.7 Å². The Bertz CT molecular complexity index is 1770. The Morgan fingerprint density at radius 1 is 0.795 bits per heavy atom. The first-order valence-electron chi connectivity index (χ1n) is 12.2.